The fourth-order valence-corrected chi connectivity index (χ4v) is 3.70. The Morgan fingerprint density at radius 2 is 1.96 bits per heavy atom. The number of aliphatic hydroxyl groups excluding tert-OH is 1. The van der Waals surface area contributed by atoms with Crippen LogP contribution in [0.2, 0.25) is 5.02 Å². The van der Waals surface area contributed by atoms with Gasteiger partial charge in [-0.1, -0.05) is 17.7 Å². The van der Waals surface area contributed by atoms with Crippen molar-refractivity contribution in [1.29, 1.82) is 0 Å². The summed E-state index contributed by atoms with van der Waals surface area (Å²) in [6.07, 6.45) is -1.11. The van der Waals surface area contributed by atoms with E-state index >= 15 is 0 Å². The van der Waals surface area contributed by atoms with E-state index in [9.17, 15) is 18.3 Å². The van der Waals surface area contributed by atoms with Crippen molar-refractivity contribution in [3.63, 3.8) is 0 Å². The second kappa shape index (κ2) is 8.63. The first-order chi connectivity index (χ1) is 12.5. The largest absolute Gasteiger partial charge is 0.489 e. The van der Waals surface area contributed by atoms with Crippen LogP contribution in [0, 0.1) is 0 Å². The monoisotopic (exact) mass is 390 g/mol. The molecule has 144 valence electrons. The molecule has 1 aromatic carbocycles. The van der Waals surface area contributed by atoms with E-state index in [4.69, 9.17) is 21.1 Å². The first kappa shape index (κ1) is 19.5. The Bertz CT molecular complexity index is 653. The molecule has 2 aliphatic rings. The van der Waals surface area contributed by atoms with Gasteiger partial charge in [0.15, 0.2) is 0 Å². The molecule has 1 aliphatic carbocycles. The lowest BCUT2D eigenvalue weighted by atomic mass is 9.93. The average Bonchev–Trinajstić information content (AvgIpc) is 2.63. The Hall–Kier alpha value is -1.24. The van der Waals surface area contributed by atoms with Crippen LogP contribution < -0.4 is 4.74 Å². The summed E-state index contributed by atoms with van der Waals surface area (Å²) in [4.78, 5) is 0. The zero-order valence-electron chi connectivity index (χ0n) is 14.3. The maximum absolute atomic E-state index is 12.9. The quantitative estimate of drug-likeness (QED) is 0.751. The minimum absolute atomic E-state index is 0.178. The fraction of sp³-hybridized carbons (Fsp3) is 0.579. The van der Waals surface area contributed by atoms with Gasteiger partial charge in [0.1, 0.15) is 12.4 Å². The fourth-order valence-electron chi connectivity index (χ4n) is 3.54. The summed E-state index contributed by atoms with van der Waals surface area (Å²) < 4.78 is 49.9. The normalized spacial score (nSPS) is 29.5. The van der Waals surface area contributed by atoms with E-state index in [0.29, 0.717) is 42.9 Å². The van der Waals surface area contributed by atoms with Crippen molar-refractivity contribution in [3.05, 3.63) is 40.4 Å². The van der Waals surface area contributed by atoms with Crippen LogP contribution in [0.25, 0.3) is 0 Å². The number of hydrogen-bond donors (Lipinski definition) is 1. The summed E-state index contributed by atoms with van der Waals surface area (Å²) in [6.45, 7) is -0.645. The second-order valence-corrected chi connectivity index (χ2v) is 7.30. The highest BCUT2D eigenvalue weighted by Crippen LogP contribution is 2.37. The lowest BCUT2D eigenvalue weighted by Gasteiger charge is -2.32. The SMILES string of the molecule is OC1CC(CF)OC(c2ccc(Cl)c(OC3CCC(=C(F)F)CC3)c2)C1. The van der Waals surface area contributed by atoms with Crippen molar-refractivity contribution in [2.45, 2.75) is 62.9 Å². The van der Waals surface area contributed by atoms with Crippen molar-refractivity contribution in [2.24, 2.45) is 0 Å². The molecule has 3 nitrogen and oxygen atoms in total. The number of rotatable bonds is 4. The van der Waals surface area contributed by atoms with Crippen LogP contribution >= 0.6 is 11.6 Å². The summed E-state index contributed by atoms with van der Waals surface area (Å²) in [5.41, 5.74) is 0.958. The van der Waals surface area contributed by atoms with Gasteiger partial charge in [-0.05, 0) is 49.0 Å². The highest BCUT2D eigenvalue weighted by Gasteiger charge is 2.30. The predicted octanol–water partition coefficient (Wildman–Crippen LogP) is 5.36. The van der Waals surface area contributed by atoms with Crippen LogP contribution in [0.15, 0.2) is 29.9 Å². The van der Waals surface area contributed by atoms with Crippen LogP contribution in [-0.4, -0.2) is 30.1 Å². The van der Waals surface area contributed by atoms with Crippen molar-refractivity contribution in [2.75, 3.05) is 6.67 Å². The van der Waals surface area contributed by atoms with Gasteiger partial charge in [-0.15, -0.1) is 0 Å². The van der Waals surface area contributed by atoms with Crippen LogP contribution in [-0.2, 0) is 4.74 Å². The van der Waals surface area contributed by atoms with Gasteiger partial charge in [0.25, 0.3) is 6.08 Å². The highest BCUT2D eigenvalue weighted by atomic mass is 35.5. The number of hydrogen-bond acceptors (Lipinski definition) is 3. The van der Waals surface area contributed by atoms with Crippen molar-refractivity contribution in [3.8, 4) is 5.75 Å². The van der Waals surface area contributed by atoms with Gasteiger partial charge in [-0.3, -0.25) is 0 Å². The summed E-state index contributed by atoms with van der Waals surface area (Å²) in [5, 5.41) is 10.3. The van der Waals surface area contributed by atoms with Gasteiger partial charge in [0.2, 0.25) is 0 Å². The Morgan fingerprint density at radius 3 is 2.62 bits per heavy atom. The Labute approximate surface area is 155 Å². The molecule has 0 aromatic heterocycles. The molecule has 1 N–H and O–H groups in total. The van der Waals surface area contributed by atoms with Crippen LogP contribution in [0.3, 0.4) is 0 Å². The lowest BCUT2D eigenvalue weighted by molar-refractivity contribution is -0.104. The number of alkyl halides is 1. The molecule has 1 aliphatic heterocycles. The van der Waals surface area contributed by atoms with Crippen LogP contribution in [0.5, 0.6) is 5.75 Å². The molecule has 1 saturated carbocycles. The molecule has 7 heteroatoms. The second-order valence-electron chi connectivity index (χ2n) is 6.90. The predicted molar refractivity (Wildman–Crippen MR) is 92.4 cm³/mol. The zero-order valence-corrected chi connectivity index (χ0v) is 15.0. The first-order valence-electron chi connectivity index (χ1n) is 8.85. The minimum Gasteiger partial charge on any atom is -0.489 e. The number of aliphatic hydroxyl groups is 1. The minimum atomic E-state index is -1.58. The third-order valence-electron chi connectivity index (χ3n) is 4.97. The topological polar surface area (TPSA) is 38.7 Å². The van der Waals surface area contributed by atoms with E-state index in [0.717, 1.165) is 5.56 Å². The number of halogens is 4. The molecule has 0 spiro atoms. The molecule has 0 amide bonds. The van der Waals surface area contributed by atoms with E-state index in [-0.39, 0.29) is 18.1 Å². The molecule has 2 fully saturated rings. The molecule has 1 aromatic rings. The molecule has 3 unspecified atom stereocenters. The molecule has 26 heavy (non-hydrogen) atoms. The molecular weight excluding hydrogens is 369 g/mol. The summed E-state index contributed by atoms with van der Waals surface area (Å²) in [7, 11) is 0. The zero-order chi connectivity index (χ0) is 18.7. The molecule has 3 rings (SSSR count). The molecular formula is C19H22ClF3O3. The van der Waals surface area contributed by atoms with E-state index in [1.165, 1.54) is 0 Å². The maximum atomic E-state index is 12.9. The van der Waals surface area contributed by atoms with Gasteiger partial charge in [0, 0.05) is 12.8 Å². The van der Waals surface area contributed by atoms with Crippen LogP contribution in [0.4, 0.5) is 13.2 Å². The third kappa shape index (κ3) is 4.72. The maximum Gasteiger partial charge on any atom is 0.269 e. The molecule has 0 bridgehead atoms. The van der Waals surface area contributed by atoms with Gasteiger partial charge in [-0.2, -0.15) is 8.78 Å². The van der Waals surface area contributed by atoms with Crippen molar-refractivity contribution >= 4 is 11.6 Å². The smallest absolute Gasteiger partial charge is 0.269 e. The lowest BCUT2D eigenvalue weighted by Crippen LogP contribution is -2.32. The van der Waals surface area contributed by atoms with Gasteiger partial charge < -0.3 is 14.6 Å². The number of benzene rings is 1. The van der Waals surface area contributed by atoms with Crippen LogP contribution in [0.1, 0.15) is 50.2 Å². The van der Waals surface area contributed by atoms with E-state index in [1.54, 1.807) is 18.2 Å². The summed E-state index contributed by atoms with van der Waals surface area (Å²) >= 11 is 6.21. The third-order valence-corrected chi connectivity index (χ3v) is 5.29. The number of allylic oxidation sites excluding steroid dienone is 1. The highest BCUT2D eigenvalue weighted by molar-refractivity contribution is 6.32. The van der Waals surface area contributed by atoms with Crippen molar-refractivity contribution < 1.29 is 27.8 Å². The standard InChI is InChI=1S/C19H22ClF3O3/c20-16-6-3-12(17-9-13(24)8-15(10-21)26-17)7-18(16)25-14-4-1-11(2-5-14)19(22)23/h3,6-7,13-15,17,24H,1-2,4-5,8-10H2. The molecule has 1 heterocycles. The molecule has 1 saturated heterocycles. The van der Waals surface area contributed by atoms with E-state index in [2.05, 4.69) is 0 Å². The number of ether oxygens (including phenoxy) is 2. The molecule has 0 radical (unpaired) electrons. The average molecular weight is 391 g/mol. The Kier molecular flexibility index (Phi) is 6.48. The molecule has 3 atom stereocenters. The van der Waals surface area contributed by atoms with E-state index < -0.39 is 31.1 Å². The Balaban J connectivity index is 1.69. The Morgan fingerprint density at radius 1 is 1.23 bits per heavy atom. The summed E-state index contributed by atoms with van der Waals surface area (Å²) in [6, 6.07) is 5.19. The van der Waals surface area contributed by atoms with Gasteiger partial charge in [-0.25, -0.2) is 4.39 Å². The van der Waals surface area contributed by atoms with E-state index in [1.807, 2.05) is 0 Å². The first-order valence-corrected chi connectivity index (χ1v) is 9.22. The van der Waals surface area contributed by atoms with Gasteiger partial charge in [0.05, 0.1) is 29.4 Å². The van der Waals surface area contributed by atoms with Gasteiger partial charge >= 0.3 is 0 Å². The summed E-state index contributed by atoms with van der Waals surface area (Å²) in [5.74, 6) is 0.461. The van der Waals surface area contributed by atoms with Crippen molar-refractivity contribution in [1.82, 2.24) is 0 Å².